The van der Waals surface area contributed by atoms with E-state index in [4.69, 9.17) is 23.2 Å². The molecule has 2 rings (SSSR count). The molecule has 0 radical (unpaired) electrons. The summed E-state index contributed by atoms with van der Waals surface area (Å²) in [6, 6.07) is 7.19. The summed E-state index contributed by atoms with van der Waals surface area (Å²) < 4.78 is 1.22. The molecule has 0 aliphatic heterocycles. The van der Waals surface area contributed by atoms with Gasteiger partial charge in [-0.3, -0.25) is 0 Å². The SMILES string of the molecule is Clc1ccccc1Cl.[Fe][C]1=CC=CC1. The second kappa shape index (κ2) is 6.31. The van der Waals surface area contributed by atoms with E-state index in [0.29, 0.717) is 10.0 Å². The van der Waals surface area contributed by atoms with E-state index in [1.165, 1.54) is 4.47 Å². The van der Waals surface area contributed by atoms with Crippen LogP contribution in [0.15, 0.2) is 47.0 Å². The summed E-state index contributed by atoms with van der Waals surface area (Å²) in [5, 5.41) is 1.21. The zero-order valence-corrected chi connectivity index (χ0v) is 9.97. The molecule has 0 fully saturated rings. The molecular formula is C11H9Cl2Fe. The number of allylic oxidation sites excluding steroid dienone is 4. The summed E-state index contributed by atoms with van der Waals surface area (Å²) in [6.45, 7) is 0. The Balaban J connectivity index is 0.000000146. The first-order valence-corrected chi connectivity index (χ1v) is 5.41. The van der Waals surface area contributed by atoms with Crippen LogP contribution in [0.4, 0.5) is 0 Å². The van der Waals surface area contributed by atoms with Crippen LogP contribution < -0.4 is 0 Å². The fourth-order valence-electron chi connectivity index (χ4n) is 0.855. The topological polar surface area (TPSA) is 0 Å². The molecule has 1 aliphatic carbocycles. The molecule has 0 N–H and O–H groups in total. The number of rotatable bonds is 0. The minimum atomic E-state index is 0.606. The second-order valence-corrected chi connectivity index (χ2v) is 4.17. The van der Waals surface area contributed by atoms with Crippen molar-refractivity contribution in [1.29, 1.82) is 0 Å². The minimum absolute atomic E-state index is 0.606. The Morgan fingerprint density at radius 1 is 1.07 bits per heavy atom. The fraction of sp³-hybridized carbons (Fsp3) is 0.0909. The molecule has 0 saturated heterocycles. The van der Waals surface area contributed by atoms with Crippen LogP contribution in [0.25, 0.3) is 0 Å². The second-order valence-electron chi connectivity index (χ2n) is 2.64. The maximum absolute atomic E-state index is 5.58. The van der Waals surface area contributed by atoms with Crippen molar-refractivity contribution in [2.45, 2.75) is 6.42 Å². The molecule has 0 nitrogen and oxygen atoms in total. The van der Waals surface area contributed by atoms with Gasteiger partial charge in [0.2, 0.25) is 0 Å². The Kier molecular flexibility index (Phi) is 5.35. The first kappa shape index (κ1) is 11.9. The van der Waals surface area contributed by atoms with Crippen LogP contribution in [0, 0.1) is 0 Å². The van der Waals surface area contributed by atoms with Gasteiger partial charge in [0, 0.05) is 0 Å². The normalized spacial score (nSPS) is 13.2. The Morgan fingerprint density at radius 2 is 1.64 bits per heavy atom. The summed E-state index contributed by atoms with van der Waals surface area (Å²) in [5.74, 6) is 0. The van der Waals surface area contributed by atoms with Gasteiger partial charge in [0.1, 0.15) is 0 Å². The van der Waals surface area contributed by atoms with Gasteiger partial charge in [0.05, 0.1) is 10.0 Å². The molecule has 0 heterocycles. The van der Waals surface area contributed by atoms with Gasteiger partial charge in [-0.25, -0.2) is 0 Å². The molecule has 0 spiro atoms. The molecule has 14 heavy (non-hydrogen) atoms. The standard InChI is InChI=1S/C6H4Cl2.C5H5.Fe/c7-5-3-1-2-4-6(5)8;1-2-4-5-3-1;/h1-4H;1-3H,4H2;. The Morgan fingerprint density at radius 3 is 1.86 bits per heavy atom. The molecule has 0 unspecified atom stereocenters. The zero-order chi connectivity index (χ0) is 10.4. The van der Waals surface area contributed by atoms with E-state index in [2.05, 4.69) is 22.1 Å². The fourth-order valence-corrected chi connectivity index (χ4v) is 1.36. The number of benzene rings is 1. The van der Waals surface area contributed by atoms with Gasteiger partial charge in [-0.05, 0) is 12.1 Å². The summed E-state index contributed by atoms with van der Waals surface area (Å²) in [7, 11) is 0. The monoisotopic (exact) mass is 267 g/mol. The first-order valence-electron chi connectivity index (χ1n) is 4.10. The van der Waals surface area contributed by atoms with Gasteiger partial charge in [-0.15, -0.1) is 0 Å². The summed E-state index contributed by atoms with van der Waals surface area (Å²) in [4.78, 5) is 0. The molecule has 0 amide bonds. The van der Waals surface area contributed by atoms with Gasteiger partial charge in [0.15, 0.2) is 0 Å². The molecule has 1 aliphatic rings. The quantitative estimate of drug-likeness (QED) is 0.613. The average molecular weight is 268 g/mol. The molecule has 0 atom stereocenters. The molecule has 0 aromatic heterocycles. The Hall–Kier alpha value is -0.201. The maximum atomic E-state index is 5.58. The number of hydrogen-bond donors (Lipinski definition) is 0. The molecule has 1 aromatic carbocycles. The summed E-state index contributed by atoms with van der Waals surface area (Å²) in [6.07, 6.45) is 7.21. The van der Waals surface area contributed by atoms with E-state index < -0.39 is 0 Å². The zero-order valence-electron chi connectivity index (χ0n) is 7.36. The van der Waals surface area contributed by atoms with E-state index in [9.17, 15) is 0 Å². The van der Waals surface area contributed by atoms with E-state index in [1.54, 1.807) is 12.1 Å². The van der Waals surface area contributed by atoms with E-state index in [-0.39, 0.29) is 0 Å². The predicted octanol–water partition coefficient (Wildman–Crippen LogP) is 4.37. The van der Waals surface area contributed by atoms with Crippen LogP contribution in [0.2, 0.25) is 10.0 Å². The third-order valence-corrected chi connectivity index (χ3v) is 2.71. The Labute approximate surface area is 102 Å². The van der Waals surface area contributed by atoms with Crippen LogP contribution >= 0.6 is 23.2 Å². The van der Waals surface area contributed by atoms with Crippen LogP contribution in [0.5, 0.6) is 0 Å². The third-order valence-electron chi connectivity index (χ3n) is 1.54. The van der Waals surface area contributed by atoms with Crippen LogP contribution in [0.3, 0.4) is 0 Å². The van der Waals surface area contributed by atoms with Crippen molar-refractivity contribution in [1.82, 2.24) is 0 Å². The predicted molar refractivity (Wildman–Crippen MR) is 58.3 cm³/mol. The van der Waals surface area contributed by atoms with E-state index in [1.807, 2.05) is 24.3 Å². The summed E-state index contributed by atoms with van der Waals surface area (Å²) >= 11 is 14.9. The van der Waals surface area contributed by atoms with Crippen molar-refractivity contribution in [3.05, 3.63) is 57.0 Å². The van der Waals surface area contributed by atoms with Gasteiger partial charge < -0.3 is 0 Å². The van der Waals surface area contributed by atoms with Crippen molar-refractivity contribution in [2.75, 3.05) is 0 Å². The molecule has 0 saturated carbocycles. The van der Waals surface area contributed by atoms with Crippen molar-refractivity contribution in [3.8, 4) is 0 Å². The summed E-state index contributed by atoms with van der Waals surface area (Å²) in [5.41, 5.74) is 0. The Bertz CT molecular complexity index is 335. The van der Waals surface area contributed by atoms with Crippen LogP contribution in [0.1, 0.15) is 6.42 Å². The van der Waals surface area contributed by atoms with Crippen molar-refractivity contribution in [3.63, 3.8) is 0 Å². The van der Waals surface area contributed by atoms with Gasteiger partial charge in [-0.1, -0.05) is 35.3 Å². The van der Waals surface area contributed by atoms with Crippen LogP contribution in [-0.4, -0.2) is 0 Å². The van der Waals surface area contributed by atoms with Crippen molar-refractivity contribution < 1.29 is 16.0 Å². The van der Waals surface area contributed by atoms with Gasteiger partial charge in [-0.2, -0.15) is 0 Å². The molecule has 0 bridgehead atoms. The van der Waals surface area contributed by atoms with E-state index in [0.717, 1.165) is 6.42 Å². The first-order chi connectivity index (χ1) is 6.70. The van der Waals surface area contributed by atoms with Crippen LogP contribution in [-0.2, 0) is 16.0 Å². The van der Waals surface area contributed by atoms with Crippen molar-refractivity contribution >= 4 is 23.2 Å². The molecule has 1 aromatic rings. The molecule has 3 heteroatoms. The number of halogens is 2. The average Bonchev–Trinajstić information content (AvgIpc) is 2.63. The van der Waals surface area contributed by atoms with E-state index >= 15 is 0 Å². The third kappa shape index (κ3) is 4.34. The molecular weight excluding hydrogens is 259 g/mol. The molecule has 75 valence electrons. The number of hydrogen-bond acceptors (Lipinski definition) is 0. The van der Waals surface area contributed by atoms with Gasteiger partial charge >= 0.3 is 45.1 Å². The van der Waals surface area contributed by atoms with Gasteiger partial charge in [0.25, 0.3) is 0 Å². The van der Waals surface area contributed by atoms with Crippen molar-refractivity contribution in [2.24, 2.45) is 0 Å².